The Morgan fingerprint density at radius 3 is 2.70 bits per heavy atom. The maximum absolute atomic E-state index is 13.2. The van der Waals surface area contributed by atoms with E-state index < -0.39 is 0 Å². The van der Waals surface area contributed by atoms with Crippen LogP contribution in [-0.2, 0) is 4.79 Å². The van der Waals surface area contributed by atoms with Gasteiger partial charge >= 0.3 is 0 Å². The predicted molar refractivity (Wildman–Crippen MR) is 102 cm³/mol. The smallest absolute Gasteiger partial charge is 0.238 e. The molecule has 0 unspecified atom stereocenters. The van der Waals surface area contributed by atoms with E-state index in [0.29, 0.717) is 17.2 Å². The first-order chi connectivity index (χ1) is 13.2. The van der Waals surface area contributed by atoms with Crippen LogP contribution in [0.5, 0.6) is 11.5 Å². The van der Waals surface area contributed by atoms with E-state index in [0.717, 1.165) is 10.4 Å². The third kappa shape index (κ3) is 4.10. The molecule has 1 atom stereocenters. The van der Waals surface area contributed by atoms with Gasteiger partial charge in [0.05, 0.1) is 12.6 Å². The van der Waals surface area contributed by atoms with E-state index >= 15 is 0 Å². The molecule has 1 aliphatic heterocycles. The van der Waals surface area contributed by atoms with Crippen LogP contribution in [0.4, 0.5) is 10.1 Å². The molecule has 0 saturated heterocycles. The molecule has 0 bridgehead atoms. The molecule has 0 aliphatic carbocycles. The topological polar surface area (TPSA) is 59.6 Å². The number of carbonyl (C=O) groups excluding carboxylic acids is 1. The van der Waals surface area contributed by atoms with Crippen LogP contribution in [0.3, 0.4) is 0 Å². The average Bonchev–Trinajstić information content (AvgIpc) is 3.35. The number of nitrogens with one attached hydrogen (secondary N) is 2. The minimum absolute atomic E-state index is 0.106. The molecule has 0 spiro atoms. The molecule has 1 aliphatic rings. The van der Waals surface area contributed by atoms with Crippen molar-refractivity contribution in [2.24, 2.45) is 0 Å². The fraction of sp³-hybridized carbons (Fsp3) is 0.150. The Morgan fingerprint density at radius 2 is 1.93 bits per heavy atom. The molecule has 1 amide bonds. The number of fused-ring (bicyclic) bond motifs is 1. The summed E-state index contributed by atoms with van der Waals surface area (Å²) in [5, 5.41) is 8.06. The molecule has 0 radical (unpaired) electrons. The molecule has 3 aromatic rings. The van der Waals surface area contributed by atoms with Crippen molar-refractivity contribution in [3.63, 3.8) is 0 Å². The number of hydrogen-bond acceptors (Lipinski definition) is 5. The van der Waals surface area contributed by atoms with Gasteiger partial charge in [-0.2, -0.15) is 0 Å². The summed E-state index contributed by atoms with van der Waals surface area (Å²) in [5.41, 5.74) is 1.54. The molecule has 0 saturated carbocycles. The maximum atomic E-state index is 13.2. The Hall–Kier alpha value is -2.90. The van der Waals surface area contributed by atoms with Crippen LogP contribution in [0.25, 0.3) is 0 Å². The number of ether oxygens (including phenoxy) is 2. The summed E-state index contributed by atoms with van der Waals surface area (Å²) < 4.78 is 23.8. The van der Waals surface area contributed by atoms with E-state index in [1.165, 1.54) is 12.1 Å². The Morgan fingerprint density at radius 1 is 1.11 bits per heavy atom. The first-order valence-electron chi connectivity index (χ1n) is 8.41. The minimum Gasteiger partial charge on any atom is -0.454 e. The highest BCUT2D eigenvalue weighted by molar-refractivity contribution is 7.10. The van der Waals surface area contributed by atoms with Crippen LogP contribution in [0.1, 0.15) is 16.5 Å². The molecule has 138 valence electrons. The molecule has 4 rings (SSSR count). The molecular formula is C20H17FN2O3S. The van der Waals surface area contributed by atoms with Crippen molar-refractivity contribution >= 4 is 22.9 Å². The van der Waals surface area contributed by atoms with Crippen molar-refractivity contribution in [2.45, 2.75) is 6.04 Å². The van der Waals surface area contributed by atoms with Crippen LogP contribution < -0.4 is 20.1 Å². The number of benzene rings is 2. The van der Waals surface area contributed by atoms with Crippen LogP contribution in [0.15, 0.2) is 60.0 Å². The highest BCUT2D eigenvalue weighted by atomic mass is 32.1. The van der Waals surface area contributed by atoms with Crippen LogP contribution in [0.2, 0.25) is 0 Å². The van der Waals surface area contributed by atoms with Gasteiger partial charge in [0.2, 0.25) is 12.7 Å². The zero-order valence-electron chi connectivity index (χ0n) is 14.3. The number of rotatable bonds is 6. The number of amides is 1. The second-order valence-corrected chi connectivity index (χ2v) is 6.98. The van der Waals surface area contributed by atoms with Crippen molar-refractivity contribution in [3.8, 4) is 11.5 Å². The van der Waals surface area contributed by atoms with E-state index in [2.05, 4.69) is 10.6 Å². The fourth-order valence-electron chi connectivity index (χ4n) is 2.87. The van der Waals surface area contributed by atoms with Gasteiger partial charge in [-0.25, -0.2) is 4.39 Å². The Labute approximate surface area is 159 Å². The summed E-state index contributed by atoms with van der Waals surface area (Å²) in [6.07, 6.45) is 0. The van der Waals surface area contributed by atoms with Gasteiger partial charge in [0, 0.05) is 16.6 Å². The highest BCUT2D eigenvalue weighted by Gasteiger charge is 2.17. The lowest BCUT2D eigenvalue weighted by Crippen LogP contribution is -2.31. The maximum Gasteiger partial charge on any atom is 0.238 e. The first kappa shape index (κ1) is 17.5. The molecule has 5 nitrogen and oxygen atoms in total. The number of carbonyl (C=O) groups is 1. The Kier molecular flexibility index (Phi) is 5.04. The summed E-state index contributed by atoms with van der Waals surface area (Å²) in [6.45, 7) is 0.294. The zero-order chi connectivity index (χ0) is 18.6. The standard InChI is InChI=1S/C20H17FN2O3S/c21-14-5-3-13(4-6-14)20(18-2-1-9-27-18)22-11-19(24)23-15-7-8-16-17(10-15)26-12-25-16/h1-10,20,22H,11-12H2,(H,23,24)/t20-/m1/s1. The van der Waals surface area contributed by atoms with Crippen LogP contribution in [0, 0.1) is 5.82 Å². The average molecular weight is 384 g/mol. The van der Waals surface area contributed by atoms with E-state index in [1.54, 1.807) is 41.7 Å². The quantitative estimate of drug-likeness (QED) is 0.676. The molecule has 27 heavy (non-hydrogen) atoms. The predicted octanol–water partition coefficient (Wildman–Crippen LogP) is 3.93. The fourth-order valence-corrected chi connectivity index (χ4v) is 3.69. The van der Waals surface area contributed by atoms with Gasteiger partial charge in [-0.1, -0.05) is 18.2 Å². The molecule has 2 N–H and O–H groups in total. The summed E-state index contributed by atoms with van der Waals surface area (Å²) >= 11 is 1.58. The van der Waals surface area contributed by atoms with Crippen molar-refractivity contribution in [1.82, 2.24) is 5.32 Å². The van der Waals surface area contributed by atoms with E-state index in [9.17, 15) is 9.18 Å². The lowest BCUT2D eigenvalue weighted by Gasteiger charge is -2.18. The molecule has 7 heteroatoms. The van der Waals surface area contributed by atoms with E-state index in [-0.39, 0.29) is 31.1 Å². The summed E-state index contributed by atoms with van der Waals surface area (Å²) in [4.78, 5) is 13.4. The van der Waals surface area contributed by atoms with Gasteiger partial charge in [0.15, 0.2) is 11.5 Å². The lowest BCUT2D eigenvalue weighted by molar-refractivity contribution is -0.115. The molecular weight excluding hydrogens is 367 g/mol. The van der Waals surface area contributed by atoms with Crippen molar-refractivity contribution in [1.29, 1.82) is 0 Å². The van der Waals surface area contributed by atoms with Crippen LogP contribution in [-0.4, -0.2) is 19.2 Å². The van der Waals surface area contributed by atoms with Crippen molar-refractivity contribution < 1.29 is 18.7 Å². The number of halogens is 1. The lowest BCUT2D eigenvalue weighted by atomic mass is 10.1. The number of thiophene rings is 1. The second kappa shape index (κ2) is 7.77. The third-order valence-corrected chi connectivity index (χ3v) is 5.09. The normalized spacial score (nSPS) is 13.4. The Bertz CT molecular complexity index is 929. The largest absolute Gasteiger partial charge is 0.454 e. The molecule has 2 heterocycles. The monoisotopic (exact) mass is 384 g/mol. The van der Waals surface area contributed by atoms with Gasteiger partial charge < -0.3 is 14.8 Å². The highest BCUT2D eigenvalue weighted by Crippen LogP contribution is 2.34. The van der Waals surface area contributed by atoms with Gasteiger partial charge in [0.1, 0.15) is 5.82 Å². The molecule has 0 fully saturated rings. The summed E-state index contributed by atoms with van der Waals surface area (Å²) in [6, 6.07) is 15.3. The Balaban J connectivity index is 1.43. The summed E-state index contributed by atoms with van der Waals surface area (Å²) in [7, 11) is 0. The van der Waals surface area contributed by atoms with Gasteiger partial charge in [-0.3, -0.25) is 10.1 Å². The zero-order valence-corrected chi connectivity index (χ0v) is 15.1. The van der Waals surface area contributed by atoms with Gasteiger partial charge in [-0.15, -0.1) is 11.3 Å². The van der Waals surface area contributed by atoms with Gasteiger partial charge in [0.25, 0.3) is 0 Å². The van der Waals surface area contributed by atoms with Gasteiger partial charge in [-0.05, 0) is 41.3 Å². The summed E-state index contributed by atoms with van der Waals surface area (Å²) in [5.74, 6) is 0.811. The second-order valence-electron chi connectivity index (χ2n) is 6.00. The molecule has 2 aromatic carbocycles. The number of anilines is 1. The van der Waals surface area contributed by atoms with E-state index in [1.807, 2.05) is 17.5 Å². The van der Waals surface area contributed by atoms with E-state index in [4.69, 9.17) is 9.47 Å². The first-order valence-corrected chi connectivity index (χ1v) is 9.29. The third-order valence-electron chi connectivity index (χ3n) is 4.15. The van der Waals surface area contributed by atoms with Crippen LogP contribution >= 0.6 is 11.3 Å². The molecule has 1 aromatic heterocycles. The van der Waals surface area contributed by atoms with Crippen molar-refractivity contribution in [2.75, 3.05) is 18.7 Å². The van der Waals surface area contributed by atoms with Crippen molar-refractivity contribution in [3.05, 3.63) is 76.2 Å². The SMILES string of the molecule is O=C(CN[C@H](c1ccc(F)cc1)c1cccs1)Nc1ccc2c(c1)OCO2. The number of hydrogen-bond donors (Lipinski definition) is 2. The minimum atomic E-state index is -0.288.